The molecule has 21 heavy (non-hydrogen) atoms. The SMILES string of the molecule is COC(=O)c1cc(N)cc(Cl)c1Oc1ccc(Br)cc1C. The van der Waals surface area contributed by atoms with Crippen molar-refractivity contribution >= 4 is 39.2 Å². The van der Waals surface area contributed by atoms with Crippen LogP contribution >= 0.6 is 27.5 Å². The van der Waals surface area contributed by atoms with E-state index in [0.29, 0.717) is 11.4 Å². The Morgan fingerprint density at radius 1 is 1.29 bits per heavy atom. The Morgan fingerprint density at radius 2 is 2.00 bits per heavy atom. The molecule has 0 aliphatic carbocycles. The van der Waals surface area contributed by atoms with E-state index in [2.05, 4.69) is 15.9 Å². The van der Waals surface area contributed by atoms with E-state index >= 15 is 0 Å². The van der Waals surface area contributed by atoms with E-state index in [4.69, 9.17) is 26.8 Å². The molecule has 0 aliphatic heterocycles. The van der Waals surface area contributed by atoms with Crippen molar-refractivity contribution in [3.8, 4) is 11.5 Å². The monoisotopic (exact) mass is 369 g/mol. The number of nitrogens with two attached hydrogens (primary N) is 1. The van der Waals surface area contributed by atoms with Gasteiger partial charge in [0.15, 0.2) is 5.75 Å². The zero-order valence-corrected chi connectivity index (χ0v) is 13.8. The van der Waals surface area contributed by atoms with Gasteiger partial charge in [0, 0.05) is 10.2 Å². The lowest BCUT2D eigenvalue weighted by Crippen LogP contribution is -2.05. The number of hydrogen-bond acceptors (Lipinski definition) is 4. The quantitative estimate of drug-likeness (QED) is 0.635. The van der Waals surface area contributed by atoms with Crippen molar-refractivity contribution in [1.82, 2.24) is 0 Å². The summed E-state index contributed by atoms with van der Waals surface area (Å²) in [6.45, 7) is 1.89. The van der Waals surface area contributed by atoms with Gasteiger partial charge in [0.05, 0.1) is 12.1 Å². The first-order chi connectivity index (χ1) is 9.92. The van der Waals surface area contributed by atoms with Crippen molar-refractivity contribution < 1.29 is 14.3 Å². The molecule has 2 rings (SSSR count). The molecule has 0 spiro atoms. The van der Waals surface area contributed by atoms with Gasteiger partial charge in [0.25, 0.3) is 0 Å². The van der Waals surface area contributed by atoms with E-state index in [1.54, 1.807) is 6.07 Å². The molecule has 0 saturated carbocycles. The van der Waals surface area contributed by atoms with E-state index in [0.717, 1.165) is 10.0 Å². The normalized spacial score (nSPS) is 10.3. The molecule has 0 amide bonds. The number of rotatable bonds is 3. The number of halogens is 2. The van der Waals surface area contributed by atoms with Crippen molar-refractivity contribution in [1.29, 1.82) is 0 Å². The fraction of sp³-hybridized carbons (Fsp3) is 0.133. The summed E-state index contributed by atoms with van der Waals surface area (Å²) in [4.78, 5) is 11.8. The first kappa shape index (κ1) is 15.7. The lowest BCUT2D eigenvalue weighted by Gasteiger charge is -2.14. The first-order valence-corrected chi connectivity index (χ1v) is 7.21. The van der Waals surface area contributed by atoms with E-state index in [-0.39, 0.29) is 16.3 Å². The van der Waals surface area contributed by atoms with Gasteiger partial charge in [-0.25, -0.2) is 4.79 Å². The molecular formula is C15H13BrClNO3. The summed E-state index contributed by atoms with van der Waals surface area (Å²) in [7, 11) is 1.29. The average molecular weight is 371 g/mol. The summed E-state index contributed by atoms with van der Waals surface area (Å²) in [6, 6.07) is 8.52. The number of carbonyl (C=O) groups excluding carboxylic acids is 1. The lowest BCUT2D eigenvalue weighted by atomic mass is 10.1. The Hall–Kier alpha value is -1.72. The van der Waals surface area contributed by atoms with Gasteiger partial charge in [-0.1, -0.05) is 27.5 Å². The number of carbonyl (C=O) groups is 1. The van der Waals surface area contributed by atoms with E-state index in [1.807, 2.05) is 19.1 Å². The van der Waals surface area contributed by atoms with Crippen LogP contribution in [0.15, 0.2) is 34.8 Å². The number of aryl methyl sites for hydroxylation is 1. The highest BCUT2D eigenvalue weighted by Crippen LogP contribution is 2.37. The van der Waals surface area contributed by atoms with Crippen LogP contribution in [0.25, 0.3) is 0 Å². The summed E-state index contributed by atoms with van der Waals surface area (Å²) >= 11 is 9.53. The fourth-order valence-corrected chi connectivity index (χ4v) is 2.56. The molecule has 0 aliphatic rings. The fourth-order valence-electron chi connectivity index (χ4n) is 1.82. The first-order valence-electron chi connectivity index (χ1n) is 6.03. The molecule has 6 heteroatoms. The predicted octanol–water partition coefficient (Wildman–Crippen LogP) is 4.57. The topological polar surface area (TPSA) is 61.5 Å². The summed E-state index contributed by atoms with van der Waals surface area (Å²) in [5.41, 5.74) is 7.15. The minimum Gasteiger partial charge on any atom is -0.465 e. The molecule has 0 atom stereocenters. The molecule has 2 aromatic rings. The number of ether oxygens (including phenoxy) is 2. The second-order valence-electron chi connectivity index (χ2n) is 4.38. The number of hydrogen-bond donors (Lipinski definition) is 1. The van der Waals surface area contributed by atoms with Crippen LogP contribution in [0, 0.1) is 6.92 Å². The van der Waals surface area contributed by atoms with Gasteiger partial charge in [-0.15, -0.1) is 0 Å². The van der Waals surface area contributed by atoms with E-state index in [1.165, 1.54) is 19.2 Å². The molecule has 0 radical (unpaired) electrons. The lowest BCUT2D eigenvalue weighted by molar-refractivity contribution is 0.0598. The highest BCUT2D eigenvalue weighted by molar-refractivity contribution is 9.10. The van der Waals surface area contributed by atoms with Crippen molar-refractivity contribution in [2.45, 2.75) is 6.92 Å². The van der Waals surface area contributed by atoms with Gasteiger partial charge in [-0.3, -0.25) is 0 Å². The van der Waals surface area contributed by atoms with Crippen LogP contribution in [0.4, 0.5) is 5.69 Å². The van der Waals surface area contributed by atoms with Crippen LogP contribution in [-0.4, -0.2) is 13.1 Å². The Kier molecular flexibility index (Phi) is 4.75. The predicted molar refractivity (Wildman–Crippen MR) is 86.2 cm³/mol. The summed E-state index contributed by atoms with van der Waals surface area (Å²) in [6.07, 6.45) is 0. The van der Waals surface area contributed by atoms with Crippen LogP contribution in [0.5, 0.6) is 11.5 Å². The van der Waals surface area contributed by atoms with Crippen molar-refractivity contribution in [3.05, 3.63) is 51.0 Å². The highest BCUT2D eigenvalue weighted by Gasteiger charge is 2.19. The molecule has 0 unspecified atom stereocenters. The maximum Gasteiger partial charge on any atom is 0.341 e. The van der Waals surface area contributed by atoms with Gasteiger partial charge < -0.3 is 15.2 Å². The van der Waals surface area contributed by atoms with Crippen LogP contribution in [0.3, 0.4) is 0 Å². The molecular weight excluding hydrogens is 358 g/mol. The van der Waals surface area contributed by atoms with Crippen molar-refractivity contribution in [2.24, 2.45) is 0 Å². The molecule has 0 fully saturated rings. The Bertz CT molecular complexity index is 704. The van der Waals surface area contributed by atoms with Gasteiger partial charge in [0.2, 0.25) is 0 Å². The standard InChI is InChI=1S/C15H13BrClNO3/c1-8-5-9(16)3-4-13(8)21-14-11(15(19)20-2)6-10(18)7-12(14)17/h3-7H,18H2,1-2H3. The smallest absolute Gasteiger partial charge is 0.341 e. The maximum atomic E-state index is 11.8. The van der Waals surface area contributed by atoms with Gasteiger partial charge >= 0.3 is 5.97 Å². The van der Waals surface area contributed by atoms with Crippen LogP contribution < -0.4 is 10.5 Å². The third-order valence-electron chi connectivity index (χ3n) is 2.82. The Labute approximate surface area is 135 Å². The number of methoxy groups -OCH3 is 1. The molecule has 0 bridgehead atoms. The van der Waals surface area contributed by atoms with Gasteiger partial charge in [0.1, 0.15) is 11.3 Å². The largest absolute Gasteiger partial charge is 0.465 e. The third-order valence-corrected chi connectivity index (χ3v) is 3.59. The molecule has 2 aromatic carbocycles. The van der Waals surface area contributed by atoms with E-state index < -0.39 is 5.97 Å². The molecule has 110 valence electrons. The number of anilines is 1. The molecule has 0 heterocycles. The molecule has 4 nitrogen and oxygen atoms in total. The highest BCUT2D eigenvalue weighted by atomic mass is 79.9. The maximum absolute atomic E-state index is 11.8. The Morgan fingerprint density at radius 3 is 2.62 bits per heavy atom. The van der Waals surface area contributed by atoms with Crippen molar-refractivity contribution in [2.75, 3.05) is 12.8 Å². The summed E-state index contributed by atoms with van der Waals surface area (Å²) in [5.74, 6) is 0.257. The van der Waals surface area contributed by atoms with E-state index in [9.17, 15) is 4.79 Å². The van der Waals surface area contributed by atoms with Crippen LogP contribution in [0.1, 0.15) is 15.9 Å². The average Bonchev–Trinajstić information content (AvgIpc) is 2.42. The summed E-state index contributed by atoms with van der Waals surface area (Å²) < 4.78 is 11.5. The minimum atomic E-state index is -0.561. The van der Waals surface area contributed by atoms with Gasteiger partial charge in [-0.2, -0.15) is 0 Å². The second-order valence-corrected chi connectivity index (χ2v) is 5.71. The number of benzene rings is 2. The number of esters is 1. The van der Waals surface area contributed by atoms with Crippen LogP contribution in [-0.2, 0) is 4.74 Å². The van der Waals surface area contributed by atoms with Crippen LogP contribution in [0.2, 0.25) is 5.02 Å². The zero-order valence-electron chi connectivity index (χ0n) is 11.4. The molecule has 0 saturated heterocycles. The second kappa shape index (κ2) is 6.37. The van der Waals surface area contributed by atoms with Gasteiger partial charge in [-0.05, 0) is 42.8 Å². The Balaban J connectivity index is 2.50. The molecule has 2 N–H and O–H groups in total. The van der Waals surface area contributed by atoms with Crippen molar-refractivity contribution in [3.63, 3.8) is 0 Å². The zero-order chi connectivity index (χ0) is 15.6. The summed E-state index contributed by atoms with van der Waals surface area (Å²) in [5, 5.41) is 0.248. The minimum absolute atomic E-state index is 0.185. The molecule has 0 aromatic heterocycles. The number of nitrogen functional groups attached to an aromatic ring is 1. The third kappa shape index (κ3) is 3.49.